The second-order valence-electron chi connectivity index (χ2n) is 4.36. The maximum Gasteiger partial charge on any atom is 0.200 e. The molecule has 0 saturated heterocycles. The lowest BCUT2D eigenvalue weighted by Gasteiger charge is -2.09. The molecule has 0 fully saturated rings. The van der Waals surface area contributed by atoms with E-state index in [1.54, 1.807) is 25.1 Å². The highest BCUT2D eigenvalue weighted by Crippen LogP contribution is 2.25. The maximum atomic E-state index is 13.9. The topological polar surface area (TPSA) is 43.4 Å². The Morgan fingerprint density at radius 3 is 2.29 bits per heavy atom. The molecule has 3 nitrogen and oxygen atoms in total. The van der Waals surface area contributed by atoms with E-state index in [9.17, 15) is 17.2 Å². The molecule has 0 aliphatic rings. The van der Waals surface area contributed by atoms with Gasteiger partial charge in [0.2, 0.25) is 5.82 Å². The first-order chi connectivity index (χ1) is 9.95. The lowest BCUT2D eigenvalue weighted by atomic mass is 10.2. The van der Waals surface area contributed by atoms with Gasteiger partial charge in [0.05, 0.1) is 17.3 Å². The monoisotopic (exact) mass is 312 g/mol. The Morgan fingerprint density at radius 1 is 1.00 bits per heavy atom. The summed E-state index contributed by atoms with van der Waals surface area (Å²) in [6.45, 7) is 1.84. The predicted molar refractivity (Wildman–Crippen MR) is 74.9 cm³/mol. The molecular formula is C15H14F2O3S. The van der Waals surface area contributed by atoms with Gasteiger partial charge in [-0.3, -0.25) is 0 Å². The minimum absolute atomic E-state index is 0.0682. The number of sulfone groups is 1. The number of halogens is 2. The lowest BCUT2D eigenvalue weighted by Crippen LogP contribution is -2.08. The van der Waals surface area contributed by atoms with Crippen LogP contribution in [0.5, 0.6) is 5.75 Å². The first-order valence-corrected chi connectivity index (χ1v) is 7.98. The van der Waals surface area contributed by atoms with Gasteiger partial charge in [-0.05, 0) is 25.1 Å². The normalized spacial score (nSPS) is 11.4. The zero-order valence-corrected chi connectivity index (χ0v) is 12.2. The average Bonchev–Trinajstić information content (AvgIpc) is 2.48. The van der Waals surface area contributed by atoms with E-state index in [0.29, 0.717) is 0 Å². The van der Waals surface area contributed by atoms with Crippen molar-refractivity contribution in [3.63, 3.8) is 0 Å². The highest BCUT2D eigenvalue weighted by Gasteiger charge is 2.21. The van der Waals surface area contributed by atoms with Crippen molar-refractivity contribution in [3.05, 3.63) is 59.7 Å². The summed E-state index contributed by atoms with van der Waals surface area (Å²) in [4.78, 5) is 0.0682. The van der Waals surface area contributed by atoms with E-state index in [2.05, 4.69) is 0 Å². The van der Waals surface area contributed by atoms with E-state index in [1.807, 2.05) is 0 Å². The van der Waals surface area contributed by atoms with Crippen LogP contribution < -0.4 is 4.74 Å². The molecule has 0 radical (unpaired) electrons. The van der Waals surface area contributed by atoms with E-state index in [1.165, 1.54) is 24.3 Å². The Hall–Kier alpha value is -1.95. The zero-order valence-electron chi connectivity index (χ0n) is 11.3. The number of rotatable bonds is 5. The summed E-state index contributed by atoms with van der Waals surface area (Å²) in [5, 5.41) is 0. The summed E-state index contributed by atoms with van der Waals surface area (Å²) >= 11 is 0. The Bertz CT molecular complexity index is 728. The largest absolute Gasteiger partial charge is 0.491 e. The van der Waals surface area contributed by atoms with Crippen LogP contribution in [-0.2, 0) is 15.6 Å². The smallest absolute Gasteiger partial charge is 0.200 e. The minimum atomic E-state index is -3.73. The molecule has 0 saturated carbocycles. The molecule has 0 spiro atoms. The highest BCUT2D eigenvalue weighted by molar-refractivity contribution is 7.90. The fourth-order valence-corrected chi connectivity index (χ4v) is 3.24. The number of hydrogen-bond donors (Lipinski definition) is 0. The second-order valence-corrected chi connectivity index (χ2v) is 6.35. The lowest BCUT2D eigenvalue weighted by molar-refractivity contribution is 0.313. The van der Waals surface area contributed by atoms with Crippen molar-refractivity contribution in [2.24, 2.45) is 0 Å². The molecule has 21 heavy (non-hydrogen) atoms. The molecule has 0 unspecified atom stereocenters. The number of benzene rings is 2. The van der Waals surface area contributed by atoms with Crippen molar-refractivity contribution in [2.45, 2.75) is 17.6 Å². The van der Waals surface area contributed by atoms with Gasteiger partial charge in [-0.1, -0.05) is 24.3 Å². The molecule has 6 heteroatoms. The third-order valence-corrected chi connectivity index (χ3v) is 4.56. The fraction of sp³-hybridized carbons (Fsp3) is 0.200. The third kappa shape index (κ3) is 3.39. The zero-order chi connectivity index (χ0) is 15.5. The molecule has 0 amide bonds. The van der Waals surface area contributed by atoms with Crippen LogP contribution in [0, 0.1) is 11.6 Å². The van der Waals surface area contributed by atoms with Crippen LogP contribution in [0.4, 0.5) is 8.78 Å². The summed E-state index contributed by atoms with van der Waals surface area (Å²) in [5.74, 6) is -3.19. The summed E-state index contributed by atoms with van der Waals surface area (Å²) in [7, 11) is -3.73. The molecule has 0 N–H and O–H groups in total. The van der Waals surface area contributed by atoms with Crippen LogP contribution in [0.2, 0.25) is 0 Å². The van der Waals surface area contributed by atoms with Gasteiger partial charge in [-0.25, -0.2) is 12.8 Å². The van der Waals surface area contributed by atoms with Gasteiger partial charge >= 0.3 is 0 Å². The van der Waals surface area contributed by atoms with Crippen molar-refractivity contribution >= 4 is 9.84 Å². The van der Waals surface area contributed by atoms with Crippen LogP contribution in [0.25, 0.3) is 0 Å². The van der Waals surface area contributed by atoms with Crippen LogP contribution >= 0.6 is 0 Å². The molecular weight excluding hydrogens is 298 g/mol. The van der Waals surface area contributed by atoms with Crippen LogP contribution in [0.15, 0.2) is 47.4 Å². The Balaban J connectivity index is 2.34. The minimum Gasteiger partial charge on any atom is -0.491 e. The quantitative estimate of drug-likeness (QED) is 0.850. The Labute approximate surface area is 122 Å². The van der Waals surface area contributed by atoms with Crippen LogP contribution in [0.1, 0.15) is 12.5 Å². The van der Waals surface area contributed by atoms with Gasteiger partial charge in [0.25, 0.3) is 0 Å². The first kappa shape index (κ1) is 15.4. The maximum absolute atomic E-state index is 13.9. The second kappa shape index (κ2) is 6.22. The van der Waals surface area contributed by atoms with Gasteiger partial charge in [-0.2, -0.15) is 4.39 Å². The first-order valence-electron chi connectivity index (χ1n) is 6.33. The SMILES string of the molecule is CCOc1ccc(CS(=O)(=O)c2ccccc2)c(F)c1F. The molecule has 0 aliphatic carbocycles. The van der Waals surface area contributed by atoms with Gasteiger partial charge < -0.3 is 4.74 Å². The standard InChI is InChI=1S/C15H14F2O3S/c1-2-20-13-9-8-11(14(16)15(13)17)10-21(18,19)12-6-4-3-5-7-12/h3-9H,2,10H2,1H3. The molecule has 2 aromatic carbocycles. The van der Waals surface area contributed by atoms with Gasteiger partial charge in [0.15, 0.2) is 21.4 Å². The Kier molecular flexibility index (Phi) is 4.57. The summed E-state index contributed by atoms with van der Waals surface area (Å²) < 4.78 is 56.9. The van der Waals surface area contributed by atoms with Crippen LogP contribution in [-0.4, -0.2) is 15.0 Å². The molecule has 112 valence electrons. The van der Waals surface area contributed by atoms with Crippen molar-refractivity contribution in [1.82, 2.24) is 0 Å². The van der Waals surface area contributed by atoms with Gasteiger partial charge in [0.1, 0.15) is 0 Å². The van der Waals surface area contributed by atoms with Crippen molar-refractivity contribution in [2.75, 3.05) is 6.61 Å². The molecule has 0 aromatic heterocycles. The van der Waals surface area contributed by atoms with E-state index < -0.39 is 27.2 Å². The van der Waals surface area contributed by atoms with Crippen molar-refractivity contribution in [1.29, 1.82) is 0 Å². The molecule has 0 heterocycles. The molecule has 0 atom stereocenters. The van der Waals surface area contributed by atoms with Gasteiger partial charge in [0, 0.05) is 5.56 Å². The fourth-order valence-electron chi connectivity index (χ4n) is 1.87. The van der Waals surface area contributed by atoms with Crippen molar-refractivity contribution < 1.29 is 21.9 Å². The molecule has 2 aromatic rings. The summed E-state index contributed by atoms with van der Waals surface area (Å²) in [6.07, 6.45) is 0. The summed E-state index contributed by atoms with van der Waals surface area (Å²) in [6, 6.07) is 10.1. The Morgan fingerprint density at radius 2 is 1.67 bits per heavy atom. The van der Waals surface area contributed by atoms with E-state index >= 15 is 0 Å². The van der Waals surface area contributed by atoms with E-state index in [-0.39, 0.29) is 22.8 Å². The molecule has 0 aliphatic heterocycles. The van der Waals surface area contributed by atoms with E-state index in [0.717, 1.165) is 0 Å². The van der Waals surface area contributed by atoms with Crippen LogP contribution in [0.3, 0.4) is 0 Å². The number of ether oxygens (including phenoxy) is 1. The van der Waals surface area contributed by atoms with Crippen molar-refractivity contribution in [3.8, 4) is 5.75 Å². The number of hydrogen-bond acceptors (Lipinski definition) is 3. The summed E-state index contributed by atoms with van der Waals surface area (Å²) in [5.41, 5.74) is -0.222. The highest BCUT2D eigenvalue weighted by atomic mass is 32.2. The molecule has 2 rings (SSSR count). The molecule has 0 bridgehead atoms. The van der Waals surface area contributed by atoms with E-state index in [4.69, 9.17) is 4.74 Å². The third-order valence-electron chi connectivity index (χ3n) is 2.87. The average molecular weight is 312 g/mol. The predicted octanol–water partition coefficient (Wildman–Crippen LogP) is 3.34. The van der Waals surface area contributed by atoms with Gasteiger partial charge in [-0.15, -0.1) is 0 Å².